The molecule has 8 nitrogen and oxygen atoms in total. The highest BCUT2D eigenvalue weighted by atomic mass is 35.5. The van der Waals surface area contributed by atoms with E-state index < -0.39 is 5.60 Å². The molecule has 1 aliphatic heterocycles. The summed E-state index contributed by atoms with van der Waals surface area (Å²) in [4.78, 5) is 22.4. The van der Waals surface area contributed by atoms with E-state index in [1.807, 2.05) is 20.8 Å². The Morgan fingerprint density at radius 3 is 2.73 bits per heavy atom. The van der Waals surface area contributed by atoms with Gasteiger partial charge in [0.15, 0.2) is 0 Å². The predicted octanol–water partition coefficient (Wildman–Crippen LogP) is 4.23. The molecule has 0 radical (unpaired) electrons. The summed E-state index contributed by atoms with van der Waals surface area (Å²) in [7, 11) is 0. The summed E-state index contributed by atoms with van der Waals surface area (Å²) in [6, 6.07) is 7.01. The third-order valence-corrected chi connectivity index (χ3v) is 4.76. The van der Waals surface area contributed by atoms with Gasteiger partial charge in [-0.2, -0.15) is 4.98 Å². The Morgan fingerprint density at radius 2 is 2.07 bits per heavy atom. The maximum Gasteiger partial charge on any atom is 0.410 e. The summed E-state index contributed by atoms with van der Waals surface area (Å²) < 4.78 is 11.4. The lowest BCUT2D eigenvalue weighted by molar-refractivity contribution is 0.0235. The fraction of sp³-hybridized carbons (Fsp3) is 0.476. The van der Waals surface area contributed by atoms with Gasteiger partial charge < -0.3 is 24.8 Å². The van der Waals surface area contributed by atoms with Crippen LogP contribution >= 0.6 is 11.6 Å². The number of ether oxygens (including phenoxy) is 2. The average molecular weight is 435 g/mol. The molecular formula is C21H27ClN4O4. The molecule has 162 valence electrons. The Labute approximate surface area is 181 Å². The second-order valence-corrected chi connectivity index (χ2v) is 8.45. The smallest absolute Gasteiger partial charge is 0.410 e. The lowest BCUT2D eigenvalue weighted by Gasteiger charge is -2.29. The Morgan fingerprint density at radius 1 is 1.33 bits per heavy atom. The Bertz CT molecular complexity index is 870. The molecule has 0 bridgehead atoms. The first kappa shape index (κ1) is 22.1. The normalized spacial score (nSPS) is 16.4. The zero-order valence-electron chi connectivity index (χ0n) is 17.4. The molecule has 1 aromatic heterocycles. The molecular weight excluding hydrogens is 408 g/mol. The molecule has 1 atom stereocenters. The number of amides is 1. The number of benzene rings is 1. The van der Waals surface area contributed by atoms with Gasteiger partial charge in [0, 0.05) is 13.1 Å². The summed E-state index contributed by atoms with van der Waals surface area (Å²) in [6.45, 7) is 6.70. The number of likely N-dealkylation sites (tertiary alicyclic amines) is 1. The van der Waals surface area contributed by atoms with E-state index in [0.29, 0.717) is 24.5 Å². The molecule has 1 aliphatic rings. The topological polar surface area (TPSA) is 96.8 Å². The first-order valence-electron chi connectivity index (χ1n) is 9.89. The van der Waals surface area contributed by atoms with E-state index in [9.17, 15) is 4.79 Å². The summed E-state index contributed by atoms with van der Waals surface area (Å²) in [6.07, 6.45) is 3.04. The van der Waals surface area contributed by atoms with Crippen LogP contribution in [0.2, 0.25) is 5.28 Å². The number of nitrogens with one attached hydrogen (secondary N) is 1. The van der Waals surface area contributed by atoms with E-state index in [-0.39, 0.29) is 29.9 Å². The Kier molecular flexibility index (Phi) is 6.99. The van der Waals surface area contributed by atoms with Gasteiger partial charge in [-0.15, -0.1) is 0 Å². The minimum absolute atomic E-state index is 0.00721. The van der Waals surface area contributed by atoms with Crippen molar-refractivity contribution in [3.63, 3.8) is 0 Å². The zero-order chi connectivity index (χ0) is 21.7. The first-order valence-corrected chi connectivity index (χ1v) is 10.3. The van der Waals surface area contributed by atoms with Crippen molar-refractivity contribution < 1.29 is 19.4 Å². The van der Waals surface area contributed by atoms with Crippen molar-refractivity contribution in [3.8, 4) is 11.6 Å². The van der Waals surface area contributed by atoms with Crippen molar-refractivity contribution in [2.45, 2.75) is 51.9 Å². The number of anilines is 1. The lowest BCUT2D eigenvalue weighted by atomic mass is 10.2. The van der Waals surface area contributed by atoms with Gasteiger partial charge in [-0.3, -0.25) is 0 Å². The van der Waals surface area contributed by atoms with Crippen LogP contribution in [0.1, 0.15) is 39.2 Å². The average Bonchev–Trinajstić information content (AvgIpc) is 3.15. The van der Waals surface area contributed by atoms with Gasteiger partial charge in [0.2, 0.25) is 11.2 Å². The quantitative estimate of drug-likeness (QED) is 0.656. The van der Waals surface area contributed by atoms with Crippen molar-refractivity contribution in [1.29, 1.82) is 0 Å². The number of carbonyl (C=O) groups is 1. The Hall–Kier alpha value is -2.58. The highest BCUT2D eigenvalue weighted by molar-refractivity contribution is 6.28. The maximum atomic E-state index is 12.5. The monoisotopic (exact) mass is 434 g/mol. The first-order chi connectivity index (χ1) is 14.2. The van der Waals surface area contributed by atoms with Gasteiger partial charge >= 0.3 is 6.09 Å². The molecule has 1 fully saturated rings. The molecule has 0 spiro atoms. The molecule has 0 unspecified atom stereocenters. The van der Waals surface area contributed by atoms with Crippen molar-refractivity contribution in [2.75, 3.05) is 18.4 Å². The molecule has 0 saturated carbocycles. The van der Waals surface area contributed by atoms with Crippen LogP contribution in [0.25, 0.3) is 0 Å². The number of hydrogen-bond acceptors (Lipinski definition) is 7. The van der Waals surface area contributed by atoms with Crippen molar-refractivity contribution in [2.24, 2.45) is 0 Å². The summed E-state index contributed by atoms with van der Waals surface area (Å²) in [5.41, 5.74) is 0.820. The fourth-order valence-electron chi connectivity index (χ4n) is 3.16. The molecule has 1 saturated heterocycles. The molecule has 3 rings (SSSR count). The maximum absolute atomic E-state index is 12.5. The van der Waals surface area contributed by atoms with Crippen LogP contribution in [0.15, 0.2) is 30.5 Å². The molecule has 30 heavy (non-hydrogen) atoms. The second-order valence-electron chi connectivity index (χ2n) is 8.11. The van der Waals surface area contributed by atoms with E-state index in [4.69, 9.17) is 26.2 Å². The third-order valence-electron chi connectivity index (χ3n) is 4.58. The number of carbonyl (C=O) groups excluding carboxylic acids is 1. The summed E-state index contributed by atoms with van der Waals surface area (Å²) in [5, 5.41) is 12.5. The molecule has 2 aromatic rings. The van der Waals surface area contributed by atoms with Crippen LogP contribution in [0, 0.1) is 0 Å². The summed E-state index contributed by atoms with van der Waals surface area (Å²) in [5.74, 6) is 0.842. The number of aromatic nitrogens is 2. The second kappa shape index (κ2) is 9.49. The Balaban J connectivity index is 1.68. The fourth-order valence-corrected chi connectivity index (χ4v) is 3.28. The molecule has 1 aromatic carbocycles. The number of hydrogen-bond donors (Lipinski definition) is 2. The molecule has 2 heterocycles. The van der Waals surface area contributed by atoms with Gasteiger partial charge in [0.25, 0.3) is 0 Å². The van der Waals surface area contributed by atoms with Gasteiger partial charge in [-0.1, -0.05) is 12.1 Å². The van der Waals surface area contributed by atoms with Gasteiger partial charge in [0.1, 0.15) is 17.0 Å². The van der Waals surface area contributed by atoms with Crippen LogP contribution in [-0.2, 0) is 11.3 Å². The van der Waals surface area contributed by atoms with Crippen LogP contribution in [0.4, 0.5) is 10.5 Å². The van der Waals surface area contributed by atoms with Crippen molar-refractivity contribution in [1.82, 2.24) is 14.9 Å². The van der Waals surface area contributed by atoms with Crippen LogP contribution in [0.3, 0.4) is 0 Å². The third kappa shape index (κ3) is 5.96. The van der Waals surface area contributed by atoms with E-state index in [2.05, 4.69) is 15.3 Å². The van der Waals surface area contributed by atoms with Crippen LogP contribution < -0.4 is 10.1 Å². The molecule has 9 heteroatoms. The minimum atomic E-state index is -0.533. The van der Waals surface area contributed by atoms with Crippen LogP contribution in [-0.4, -0.2) is 50.8 Å². The minimum Gasteiger partial charge on any atom is -0.444 e. The highest BCUT2D eigenvalue weighted by Crippen LogP contribution is 2.29. The van der Waals surface area contributed by atoms with Crippen molar-refractivity contribution in [3.05, 3.63) is 41.3 Å². The molecule has 0 aliphatic carbocycles. The number of aliphatic hydroxyl groups is 1. The number of nitrogens with zero attached hydrogens (tertiary/aromatic N) is 3. The largest absolute Gasteiger partial charge is 0.444 e. The van der Waals surface area contributed by atoms with E-state index in [1.165, 1.54) is 0 Å². The van der Waals surface area contributed by atoms with E-state index in [0.717, 1.165) is 18.4 Å². The van der Waals surface area contributed by atoms with Crippen LogP contribution in [0.5, 0.6) is 11.6 Å². The van der Waals surface area contributed by atoms with E-state index >= 15 is 0 Å². The highest BCUT2D eigenvalue weighted by Gasteiger charge is 2.32. The van der Waals surface area contributed by atoms with Gasteiger partial charge in [-0.25, -0.2) is 9.78 Å². The SMILES string of the molecule is CC(C)(C)OC(=O)N1CCC[C@H]1CNc1cnc(Cl)nc1Oc1ccc(CO)cc1. The lowest BCUT2D eigenvalue weighted by Crippen LogP contribution is -2.42. The van der Waals surface area contributed by atoms with Gasteiger partial charge in [0.05, 0.1) is 18.8 Å². The van der Waals surface area contributed by atoms with Gasteiger partial charge in [-0.05, 0) is 62.9 Å². The standard InChI is InChI=1S/C21H27ClN4O4/c1-21(2,3)30-20(28)26-10-4-5-15(26)11-23-17-12-24-19(22)25-18(17)29-16-8-6-14(13-27)7-9-16/h6-9,12,15,23,27H,4-5,10-11,13H2,1-3H3/t15-/m0/s1. The van der Waals surface area contributed by atoms with Crippen molar-refractivity contribution >= 4 is 23.4 Å². The zero-order valence-corrected chi connectivity index (χ0v) is 18.1. The molecule has 1 amide bonds. The number of halogens is 1. The molecule has 2 N–H and O–H groups in total. The number of rotatable bonds is 6. The number of aliphatic hydroxyl groups excluding tert-OH is 1. The predicted molar refractivity (Wildman–Crippen MR) is 114 cm³/mol. The van der Waals surface area contributed by atoms with E-state index in [1.54, 1.807) is 35.4 Å². The summed E-state index contributed by atoms with van der Waals surface area (Å²) >= 11 is 5.95.